The molecule has 1 nitrogen and oxygen atoms in total. The van der Waals surface area contributed by atoms with Gasteiger partial charge in [-0.2, -0.15) is 0 Å². The summed E-state index contributed by atoms with van der Waals surface area (Å²) in [5.41, 5.74) is 24.6. The van der Waals surface area contributed by atoms with Crippen LogP contribution < -0.4 is 20.7 Å². The Morgan fingerprint density at radius 3 is 1.38 bits per heavy atom. The zero-order chi connectivity index (χ0) is 50.4. The lowest BCUT2D eigenvalue weighted by Crippen LogP contribution is -2.49. The molecule has 0 amide bonds. The second kappa shape index (κ2) is 14.8. The topological polar surface area (TPSA) is 4.93 Å². The molecule has 4 heterocycles. The first kappa shape index (κ1) is 42.7. The van der Waals surface area contributed by atoms with E-state index in [2.05, 4.69) is 267 Å². The number of hydrogen-bond donors (Lipinski definition) is 0. The molecule has 12 aromatic carbocycles. The van der Waals surface area contributed by atoms with Crippen molar-refractivity contribution >= 4 is 80.2 Å². The van der Waals surface area contributed by atoms with Gasteiger partial charge in [0.2, 0.25) is 0 Å². The van der Waals surface area contributed by atoms with Gasteiger partial charge in [-0.25, -0.2) is 0 Å². The fourth-order valence-electron chi connectivity index (χ4n) is 15.7. The summed E-state index contributed by atoms with van der Waals surface area (Å²) in [5, 5.41) is 13.8. The molecule has 1 aliphatic carbocycles. The number of fused-ring (bicyclic) bond motifs is 20. The van der Waals surface area contributed by atoms with Crippen LogP contribution in [0.15, 0.2) is 237 Å². The van der Waals surface area contributed by atoms with Gasteiger partial charge in [-0.15, -0.1) is 0 Å². The Morgan fingerprint density at radius 2 is 0.711 bits per heavy atom. The van der Waals surface area contributed by atoms with Crippen LogP contribution in [0, 0.1) is 0 Å². The normalized spacial score (nSPS) is 16.4. The Kier molecular flexibility index (Phi) is 8.33. The number of benzene rings is 12. The minimum Gasteiger partial charge on any atom is -0.309 e. The average Bonchev–Trinajstić information content (AvgIpc) is 4.30. The fourth-order valence-corrected chi connectivity index (χ4v) is 21.9. The minimum absolute atomic E-state index is 0.567. The molecular formula is C73H51NSi2. The molecule has 0 saturated heterocycles. The summed E-state index contributed by atoms with van der Waals surface area (Å²) in [4.78, 5) is 0. The molecule has 17 rings (SSSR count). The van der Waals surface area contributed by atoms with Gasteiger partial charge in [-0.05, 0) is 150 Å². The monoisotopic (exact) mass is 997 g/mol. The second-order valence-electron chi connectivity index (χ2n) is 22.9. The van der Waals surface area contributed by atoms with E-state index in [4.69, 9.17) is 0 Å². The molecule has 76 heavy (non-hydrogen) atoms. The zero-order valence-corrected chi connectivity index (χ0v) is 45.0. The van der Waals surface area contributed by atoms with Crippen molar-refractivity contribution in [3.05, 3.63) is 259 Å². The van der Waals surface area contributed by atoms with Crippen LogP contribution in [0.5, 0.6) is 0 Å². The van der Waals surface area contributed by atoms with Gasteiger partial charge in [0.1, 0.15) is 16.1 Å². The van der Waals surface area contributed by atoms with Gasteiger partial charge in [-0.1, -0.05) is 245 Å². The highest BCUT2D eigenvalue weighted by molar-refractivity contribution is 7.04. The summed E-state index contributed by atoms with van der Waals surface area (Å²) in [6.07, 6.45) is 0. The Bertz CT molecular complexity index is 4610. The molecule has 1 spiro atoms. The van der Waals surface area contributed by atoms with Crippen molar-refractivity contribution in [2.45, 2.75) is 31.6 Å². The molecule has 1 aromatic heterocycles. The molecule has 13 aromatic rings. The van der Waals surface area contributed by atoms with Crippen LogP contribution in [0.1, 0.15) is 22.3 Å². The second-order valence-corrected chi connectivity index (χ2v) is 31.6. The van der Waals surface area contributed by atoms with Crippen LogP contribution in [-0.4, -0.2) is 20.7 Å². The van der Waals surface area contributed by atoms with Crippen molar-refractivity contribution in [2.24, 2.45) is 0 Å². The molecule has 3 aliphatic heterocycles. The maximum absolute atomic E-state index is 2.58. The first-order valence-corrected chi connectivity index (χ1v) is 33.1. The average molecular weight is 998 g/mol. The first-order valence-electron chi connectivity index (χ1n) is 27.1. The zero-order valence-electron chi connectivity index (χ0n) is 43.0. The highest BCUT2D eigenvalue weighted by atomic mass is 28.3. The number of nitrogens with zero attached hydrogens (tertiary/aromatic N) is 1. The van der Waals surface area contributed by atoms with Gasteiger partial charge < -0.3 is 4.57 Å². The number of rotatable bonds is 3. The van der Waals surface area contributed by atoms with E-state index < -0.39 is 21.6 Å². The molecule has 1 unspecified atom stereocenters. The van der Waals surface area contributed by atoms with Gasteiger partial charge >= 0.3 is 0 Å². The van der Waals surface area contributed by atoms with Crippen LogP contribution in [0.4, 0.5) is 0 Å². The number of aromatic nitrogens is 1. The molecule has 0 saturated carbocycles. The smallest absolute Gasteiger partial charge is 0.113 e. The van der Waals surface area contributed by atoms with E-state index in [0.29, 0.717) is 0 Å². The van der Waals surface area contributed by atoms with E-state index in [1.165, 1.54) is 159 Å². The van der Waals surface area contributed by atoms with Gasteiger partial charge in [0.05, 0.1) is 22.1 Å². The van der Waals surface area contributed by atoms with Crippen LogP contribution in [0.25, 0.3) is 116 Å². The first-order chi connectivity index (χ1) is 37.3. The van der Waals surface area contributed by atoms with Crippen molar-refractivity contribution in [1.82, 2.24) is 4.57 Å². The van der Waals surface area contributed by atoms with Gasteiger partial charge in [-0.3, -0.25) is 0 Å². The maximum Gasteiger partial charge on any atom is 0.113 e. The van der Waals surface area contributed by atoms with Gasteiger partial charge in [0.15, 0.2) is 0 Å². The molecule has 1 atom stereocenters. The van der Waals surface area contributed by atoms with E-state index in [-0.39, 0.29) is 0 Å². The summed E-state index contributed by atoms with van der Waals surface area (Å²) >= 11 is 0. The van der Waals surface area contributed by atoms with Crippen LogP contribution in [-0.2, 0) is 5.41 Å². The lowest BCUT2D eigenvalue weighted by Gasteiger charge is -2.39. The van der Waals surface area contributed by atoms with Crippen molar-refractivity contribution in [2.75, 3.05) is 0 Å². The molecule has 0 bridgehead atoms. The highest BCUT2D eigenvalue weighted by Crippen LogP contribution is 2.63. The van der Waals surface area contributed by atoms with E-state index >= 15 is 0 Å². The molecule has 0 fully saturated rings. The van der Waals surface area contributed by atoms with Gasteiger partial charge in [0, 0.05) is 10.8 Å². The van der Waals surface area contributed by atoms with E-state index in [9.17, 15) is 0 Å². The van der Waals surface area contributed by atoms with Crippen molar-refractivity contribution < 1.29 is 0 Å². The molecule has 356 valence electrons. The summed E-state index contributed by atoms with van der Waals surface area (Å²) in [6, 6.07) is 91.8. The Balaban J connectivity index is 1.02. The molecule has 4 aliphatic rings. The van der Waals surface area contributed by atoms with Crippen LogP contribution >= 0.6 is 0 Å². The van der Waals surface area contributed by atoms with Crippen molar-refractivity contribution in [3.8, 4) is 72.4 Å². The predicted octanol–water partition coefficient (Wildman–Crippen LogP) is 16.4. The summed E-state index contributed by atoms with van der Waals surface area (Å²) in [6.45, 7) is 10.1. The summed E-state index contributed by atoms with van der Waals surface area (Å²) in [5.74, 6) is 0. The third kappa shape index (κ3) is 5.11. The Morgan fingerprint density at radius 1 is 0.276 bits per heavy atom. The molecular weight excluding hydrogens is 947 g/mol. The molecule has 0 radical (unpaired) electrons. The third-order valence-corrected chi connectivity index (χ3v) is 25.9. The summed E-state index contributed by atoms with van der Waals surface area (Å²) < 4.78 is 2.55. The summed E-state index contributed by atoms with van der Waals surface area (Å²) in [7, 11) is -3.92. The SMILES string of the molecule is C[Si]1(C)c2ccccc2-c2c(-c3cccc4c(-c5cccc6c5-c5ccccc5C65c6ccccc6-n6c7ccccc7c7cccc5c76)c5cccc(-c6cccc7c6-c6ccccc6[Si]7(C)C)c5cc34)cccc21. The van der Waals surface area contributed by atoms with E-state index in [0.717, 1.165) is 0 Å². The predicted molar refractivity (Wildman–Crippen MR) is 327 cm³/mol. The highest BCUT2D eigenvalue weighted by Gasteiger charge is 2.51. The fraction of sp³-hybridized carbons (Fsp3) is 0.0685. The maximum atomic E-state index is 2.58. The van der Waals surface area contributed by atoms with E-state index in [1.54, 1.807) is 0 Å². The Labute approximate surface area is 445 Å². The van der Waals surface area contributed by atoms with Crippen molar-refractivity contribution in [1.29, 1.82) is 0 Å². The minimum atomic E-state index is -1.96. The number of hydrogen-bond acceptors (Lipinski definition) is 0. The van der Waals surface area contributed by atoms with E-state index in [1.807, 2.05) is 0 Å². The standard InChI is InChI=1S/C73H51NSi2/c1-75(2)64-39-13-7-23-53(64)70-47(29-19-41-66(70)75)44-25-15-27-49-56(44)43-57-45(48-30-20-42-67-71(48)54-24-8-14-40-65(54)76(67,3)4)26-16-28-50(57)68(49)55-32-18-35-60-69(55)52-22-5-9-33-58(52)73(60)59-34-10-12-38-63(59)74-62-37-11-6-21-46(62)51-31-17-36-61(73)72(51)74/h5-43H,1-4H3. The molecule has 3 heteroatoms. The number of para-hydroxylation sites is 3. The van der Waals surface area contributed by atoms with Crippen molar-refractivity contribution in [3.63, 3.8) is 0 Å². The largest absolute Gasteiger partial charge is 0.309 e. The van der Waals surface area contributed by atoms with Crippen LogP contribution in [0.2, 0.25) is 26.2 Å². The van der Waals surface area contributed by atoms with Crippen LogP contribution in [0.3, 0.4) is 0 Å². The quantitative estimate of drug-likeness (QED) is 0.123. The third-order valence-electron chi connectivity index (χ3n) is 18.8. The lowest BCUT2D eigenvalue weighted by atomic mass is 9.65. The molecule has 0 N–H and O–H groups in total. The van der Waals surface area contributed by atoms with Gasteiger partial charge in [0.25, 0.3) is 0 Å². The lowest BCUT2D eigenvalue weighted by molar-refractivity contribution is 0.748. The Hall–Kier alpha value is -8.61.